The highest BCUT2D eigenvalue weighted by Crippen LogP contribution is 2.34. The number of hydrogen-bond acceptors (Lipinski definition) is 6. The van der Waals surface area contributed by atoms with Gasteiger partial charge in [0.05, 0.1) is 15.4 Å². The van der Waals surface area contributed by atoms with Gasteiger partial charge in [0, 0.05) is 30.4 Å². The van der Waals surface area contributed by atoms with Crippen LogP contribution in [0, 0.1) is 10.1 Å². The van der Waals surface area contributed by atoms with E-state index in [0.29, 0.717) is 22.2 Å². The molecule has 8 nitrogen and oxygen atoms in total. The molecule has 1 aromatic heterocycles. The van der Waals surface area contributed by atoms with Crippen LogP contribution in [0.2, 0.25) is 0 Å². The van der Waals surface area contributed by atoms with Crippen LogP contribution in [0.1, 0.15) is 25.6 Å². The van der Waals surface area contributed by atoms with E-state index in [2.05, 4.69) is 16.0 Å². The number of amides is 2. The number of carbonyl (C=O) groups excluding carboxylic acids is 2. The lowest BCUT2D eigenvalue weighted by molar-refractivity contribution is -0.384. The van der Waals surface area contributed by atoms with Crippen LogP contribution in [0.4, 0.5) is 30.2 Å². The fourth-order valence-electron chi connectivity index (χ4n) is 2.79. The van der Waals surface area contributed by atoms with Crippen LogP contribution >= 0.6 is 11.3 Å². The molecule has 2 aromatic carbocycles. The Morgan fingerprint density at radius 2 is 1.73 bits per heavy atom. The van der Waals surface area contributed by atoms with Gasteiger partial charge in [0.25, 0.3) is 17.5 Å². The van der Waals surface area contributed by atoms with Gasteiger partial charge in [-0.25, -0.2) is 0 Å². The Morgan fingerprint density at radius 1 is 1.00 bits per heavy atom. The van der Waals surface area contributed by atoms with Crippen molar-refractivity contribution in [3.63, 3.8) is 0 Å². The Kier molecular flexibility index (Phi) is 7.28. The molecule has 172 valence electrons. The molecule has 0 aliphatic rings. The summed E-state index contributed by atoms with van der Waals surface area (Å²) in [6, 6.07) is 11.8. The predicted molar refractivity (Wildman–Crippen MR) is 118 cm³/mol. The normalized spacial score (nSPS) is 11.0. The number of benzene rings is 2. The summed E-state index contributed by atoms with van der Waals surface area (Å²) in [6.45, 7) is 0.112. The summed E-state index contributed by atoms with van der Waals surface area (Å²) >= 11 is 1.30. The van der Waals surface area contributed by atoms with Crippen LogP contribution in [0.5, 0.6) is 0 Å². The smallest absolute Gasteiger partial charge is 0.378 e. The molecule has 0 saturated carbocycles. The molecule has 2 amide bonds. The van der Waals surface area contributed by atoms with E-state index in [1.807, 2.05) is 0 Å². The fourth-order valence-corrected chi connectivity index (χ4v) is 3.41. The highest BCUT2D eigenvalue weighted by molar-refractivity contribution is 7.12. The quantitative estimate of drug-likeness (QED) is 0.245. The molecule has 0 atom stereocenters. The molecule has 3 N–H and O–H groups in total. The van der Waals surface area contributed by atoms with E-state index in [1.165, 1.54) is 23.5 Å². The van der Waals surface area contributed by atoms with Gasteiger partial charge >= 0.3 is 6.18 Å². The first kappa shape index (κ1) is 23.7. The number of nitrogens with one attached hydrogen (secondary N) is 3. The summed E-state index contributed by atoms with van der Waals surface area (Å²) in [5, 5.41) is 20.8. The number of nitro benzene ring substituents is 1. The minimum atomic E-state index is -4.69. The SMILES string of the molecule is O=C(NCCNc1ccc(C(F)(F)F)cc1[N+](=O)[O-])c1ccc(NC(=O)c2cccs2)cc1. The van der Waals surface area contributed by atoms with Crippen molar-refractivity contribution in [2.45, 2.75) is 6.18 Å². The zero-order valence-corrected chi connectivity index (χ0v) is 17.6. The summed E-state index contributed by atoms with van der Waals surface area (Å²) in [4.78, 5) is 35.0. The minimum Gasteiger partial charge on any atom is -0.378 e. The molecule has 3 rings (SSSR count). The Bertz CT molecular complexity index is 1150. The second-order valence-electron chi connectivity index (χ2n) is 6.68. The third kappa shape index (κ3) is 6.29. The number of halogens is 3. The highest BCUT2D eigenvalue weighted by Gasteiger charge is 2.33. The first-order valence-corrected chi connectivity index (χ1v) is 10.4. The maximum atomic E-state index is 12.8. The standard InChI is InChI=1S/C21H17F3N4O4S/c22-21(23,24)14-5-8-16(17(12-14)28(31)32)25-9-10-26-19(29)13-3-6-15(7-4-13)27-20(30)18-2-1-11-33-18/h1-8,11-12,25H,9-10H2,(H,26,29)(H,27,30). The van der Waals surface area contributed by atoms with Gasteiger partial charge in [-0.3, -0.25) is 19.7 Å². The van der Waals surface area contributed by atoms with Crippen LogP contribution in [-0.2, 0) is 6.18 Å². The largest absolute Gasteiger partial charge is 0.416 e. The topological polar surface area (TPSA) is 113 Å². The fraction of sp³-hybridized carbons (Fsp3) is 0.143. The maximum Gasteiger partial charge on any atom is 0.416 e. The number of carbonyl (C=O) groups is 2. The van der Waals surface area contributed by atoms with Gasteiger partial charge in [-0.15, -0.1) is 11.3 Å². The van der Waals surface area contributed by atoms with E-state index >= 15 is 0 Å². The predicted octanol–water partition coefficient (Wildman–Crippen LogP) is 4.77. The van der Waals surface area contributed by atoms with Gasteiger partial charge in [0.2, 0.25) is 0 Å². The lowest BCUT2D eigenvalue weighted by Gasteiger charge is -2.11. The Morgan fingerprint density at radius 3 is 2.33 bits per heavy atom. The second kappa shape index (κ2) is 10.1. The van der Waals surface area contributed by atoms with Crippen molar-refractivity contribution < 1.29 is 27.7 Å². The molecule has 0 unspecified atom stereocenters. The molecule has 3 aromatic rings. The van der Waals surface area contributed by atoms with Crippen molar-refractivity contribution in [2.75, 3.05) is 23.7 Å². The number of rotatable bonds is 8. The van der Waals surface area contributed by atoms with E-state index in [9.17, 15) is 32.9 Å². The van der Waals surface area contributed by atoms with Crippen LogP contribution in [0.15, 0.2) is 60.0 Å². The van der Waals surface area contributed by atoms with E-state index in [-0.39, 0.29) is 24.7 Å². The molecule has 1 heterocycles. The van der Waals surface area contributed by atoms with Crippen molar-refractivity contribution in [3.8, 4) is 0 Å². The molecule has 0 bridgehead atoms. The minimum absolute atomic E-state index is 0.0485. The van der Waals surface area contributed by atoms with E-state index < -0.39 is 28.3 Å². The Hall–Kier alpha value is -3.93. The summed E-state index contributed by atoms with van der Waals surface area (Å²) in [5.74, 6) is -0.680. The van der Waals surface area contributed by atoms with E-state index in [4.69, 9.17) is 0 Å². The lowest BCUT2D eigenvalue weighted by atomic mass is 10.1. The lowest BCUT2D eigenvalue weighted by Crippen LogP contribution is -2.28. The third-order valence-corrected chi connectivity index (χ3v) is 5.27. The molecule has 33 heavy (non-hydrogen) atoms. The first-order valence-electron chi connectivity index (χ1n) is 9.48. The summed E-state index contributed by atoms with van der Waals surface area (Å²) in [7, 11) is 0. The zero-order chi connectivity index (χ0) is 24.0. The summed E-state index contributed by atoms with van der Waals surface area (Å²) in [6.07, 6.45) is -4.69. The molecule has 0 aliphatic carbocycles. The van der Waals surface area contributed by atoms with Crippen LogP contribution in [0.3, 0.4) is 0 Å². The van der Waals surface area contributed by atoms with Crippen molar-refractivity contribution in [1.82, 2.24) is 5.32 Å². The number of anilines is 2. The van der Waals surface area contributed by atoms with Gasteiger partial charge in [-0.1, -0.05) is 6.07 Å². The third-order valence-electron chi connectivity index (χ3n) is 4.40. The van der Waals surface area contributed by atoms with Crippen molar-refractivity contribution in [2.24, 2.45) is 0 Å². The van der Waals surface area contributed by atoms with Crippen LogP contribution < -0.4 is 16.0 Å². The molecule has 0 aliphatic heterocycles. The van der Waals surface area contributed by atoms with E-state index in [1.54, 1.807) is 29.6 Å². The van der Waals surface area contributed by atoms with Crippen molar-refractivity contribution >= 4 is 40.2 Å². The Labute approximate surface area is 189 Å². The second-order valence-corrected chi connectivity index (χ2v) is 7.63. The number of nitro groups is 1. The zero-order valence-electron chi connectivity index (χ0n) is 16.8. The van der Waals surface area contributed by atoms with Crippen molar-refractivity contribution in [1.29, 1.82) is 0 Å². The highest BCUT2D eigenvalue weighted by atomic mass is 32.1. The molecule has 12 heteroatoms. The average Bonchev–Trinajstić information content (AvgIpc) is 3.31. The first-order chi connectivity index (χ1) is 15.6. The molecule has 0 saturated heterocycles. The van der Waals surface area contributed by atoms with Crippen molar-refractivity contribution in [3.05, 3.63) is 86.1 Å². The molecule has 0 radical (unpaired) electrons. The van der Waals surface area contributed by atoms with Gasteiger partial charge in [0.1, 0.15) is 5.69 Å². The van der Waals surface area contributed by atoms with Gasteiger partial charge in [-0.2, -0.15) is 13.2 Å². The van der Waals surface area contributed by atoms with Gasteiger partial charge < -0.3 is 16.0 Å². The maximum absolute atomic E-state index is 12.8. The molecular formula is C21H17F3N4O4S. The number of hydrogen-bond donors (Lipinski definition) is 3. The molecule has 0 spiro atoms. The number of thiophene rings is 1. The monoisotopic (exact) mass is 478 g/mol. The average molecular weight is 478 g/mol. The van der Waals surface area contributed by atoms with Crippen LogP contribution in [0.25, 0.3) is 0 Å². The molecular weight excluding hydrogens is 461 g/mol. The number of alkyl halides is 3. The molecule has 0 fully saturated rings. The van der Waals surface area contributed by atoms with E-state index in [0.717, 1.165) is 12.1 Å². The Balaban J connectivity index is 1.51. The van der Waals surface area contributed by atoms with Crippen LogP contribution in [-0.4, -0.2) is 29.8 Å². The summed E-state index contributed by atoms with van der Waals surface area (Å²) < 4.78 is 38.3. The number of nitrogens with zero attached hydrogens (tertiary/aromatic N) is 1. The summed E-state index contributed by atoms with van der Waals surface area (Å²) in [5.41, 5.74) is -1.08. The van der Waals surface area contributed by atoms with Gasteiger partial charge in [-0.05, 0) is 47.8 Å². The van der Waals surface area contributed by atoms with Gasteiger partial charge in [0.15, 0.2) is 0 Å².